The minimum Gasteiger partial charge on any atom is -0.424 e. The molecule has 6 nitrogen and oxygen atoms in total. The summed E-state index contributed by atoms with van der Waals surface area (Å²) in [4.78, 5) is 20.6. The van der Waals surface area contributed by atoms with Crippen LogP contribution in [0, 0.1) is 13.8 Å². The van der Waals surface area contributed by atoms with Crippen LogP contribution < -0.4 is 10.1 Å². The number of nitrogens with one attached hydrogen (secondary N) is 1. The molecule has 2 aromatic rings. The van der Waals surface area contributed by atoms with Crippen LogP contribution >= 0.6 is 0 Å². The topological polar surface area (TPSA) is 73.3 Å². The molecule has 1 aromatic heterocycles. The molecule has 120 valence electrons. The molecule has 1 unspecified atom stereocenters. The summed E-state index contributed by atoms with van der Waals surface area (Å²) >= 11 is 0. The first-order valence-corrected chi connectivity index (χ1v) is 7.63. The van der Waals surface area contributed by atoms with Gasteiger partial charge in [-0.15, -0.1) is 0 Å². The Morgan fingerprint density at radius 3 is 2.74 bits per heavy atom. The largest absolute Gasteiger partial charge is 0.424 e. The highest BCUT2D eigenvalue weighted by molar-refractivity contribution is 5.94. The van der Waals surface area contributed by atoms with Crippen molar-refractivity contribution in [2.24, 2.45) is 0 Å². The van der Waals surface area contributed by atoms with E-state index in [1.165, 1.54) is 0 Å². The second-order valence-corrected chi connectivity index (χ2v) is 5.55. The Labute approximate surface area is 134 Å². The molecule has 1 saturated heterocycles. The lowest BCUT2D eigenvalue weighted by atomic mass is 10.2. The maximum absolute atomic E-state index is 12.1. The van der Waals surface area contributed by atoms with E-state index in [0.29, 0.717) is 24.1 Å². The van der Waals surface area contributed by atoms with E-state index in [1.807, 2.05) is 32.0 Å². The Morgan fingerprint density at radius 2 is 2.04 bits per heavy atom. The van der Waals surface area contributed by atoms with Crippen LogP contribution in [0.1, 0.15) is 24.2 Å². The van der Waals surface area contributed by atoms with Crippen LogP contribution in [0.25, 0.3) is 0 Å². The molecule has 0 spiro atoms. The van der Waals surface area contributed by atoms with E-state index in [1.54, 1.807) is 12.1 Å². The SMILES string of the molecule is Cc1cc(C)nc(Oc2cccc(NC(=O)C3CCCO3)c2)n1. The average molecular weight is 313 g/mol. The lowest BCUT2D eigenvalue weighted by Gasteiger charge is -2.11. The van der Waals surface area contributed by atoms with Crippen molar-refractivity contribution < 1.29 is 14.3 Å². The fraction of sp³-hybridized carbons (Fsp3) is 0.353. The molecule has 0 radical (unpaired) electrons. The monoisotopic (exact) mass is 313 g/mol. The molecular weight excluding hydrogens is 294 g/mol. The van der Waals surface area contributed by atoms with E-state index in [0.717, 1.165) is 24.2 Å². The van der Waals surface area contributed by atoms with Gasteiger partial charge in [-0.25, -0.2) is 9.97 Å². The van der Waals surface area contributed by atoms with E-state index in [9.17, 15) is 4.79 Å². The van der Waals surface area contributed by atoms with Crippen molar-refractivity contribution in [3.05, 3.63) is 41.7 Å². The van der Waals surface area contributed by atoms with Gasteiger partial charge in [-0.05, 0) is 44.9 Å². The van der Waals surface area contributed by atoms with Gasteiger partial charge in [0.15, 0.2) is 0 Å². The predicted molar refractivity (Wildman–Crippen MR) is 85.6 cm³/mol. The molecule has 0 saturated carbocycles. The van der Waals surface area contributed by atoms with Crippen LogP contribution in [0.15, 0.2) is 30.3 Å². The van der Waals surface area contributed by atoms with Gasteiger partial charge in [-0.1, -0.05) is 6.07 Å². The molecule has 3 rings (SSSR count). The van der Waals surface area contributed by atoms with Crippen molar-refractivity contribution in [1.29, 1.82) is 0 Å². The Bertz CT molecular complexity index is 692. The molecule has 2 heterocycles. The van der Waals surface area contributed by atoms with Crippen molar-refractivity contribution in [2.75, 3.05) is 11.9 Å². The van der Waals surface area contributed by atoms with Gasteiger partial charge >= 0.3 is 6.01 Å². The van der Waals surface area contributed by atoms with E-state index < -0.39 is 0 Å². The van der Waals surface area contributed by atoms with E-state index in [-0.39, 0.29) is 12.0 Å². The molecule has 1 aliphatic heterocycles. The number of benzene rings is 1. The summed E-state index contributed by atoms with van der Waals surface area (Å²) in [6, 6.07) is 9.33. The Morgan fingerprint density at radius 1 is 1.26 bits per heavy atom. The van der Waals surface area contributed by atoms with Crippen molar-refractivity contribution in [2.45, 2.75) is 32.8 Å². The number of hydrogen-bond acceptors (Lipinski definition) is 5. The third-order valence-electron chi connectivity index (χ3n) is 3.49. The maximum atomic E-state index is 12.1. The number of ether oxygens (including phenoxy) is 2. The molecule has 23 heavy (non-hydrogen) atoms. The van der Waals surface area contributed by atoms with Crippen LogP contribution in [-0.4, -0.2) is 28.6 Å². The molecule has 6 heteroatoms. The summed E-state index contributed by atoms with van der Waals surface area (Å²) in [7, 11) is 0. The minimum atomic E-state index is -0.359. The fourth-order valence-corrected chi connectivity index (χ4v) is 2.49. The van der Waals surface area contributed by atoms with Gasteiger partial charge in [0.1, 0.15) is 11.9 Å². The lowest BCUT2D eigenvalue weighted by molar-refractivity contribution is -0.124. The molecule has 1 fully saturated rings. The summed E-state index contributed by atoms with van der Waals surface area (Å²) in [6.45, 7) is 4.42. The van der Waals surface area contributed by atoms with E-state index in [2.05, 4.69) is 15.3 Å². The number of aromatic nitrogens is 2. The van der Waals surface area contributed by atoms with Crippen LogP contribution in [0.5, 0.6) is 11.8 Å². The maximum Gasteiger partial charge on any atom is 0.322 e. The van der Waals surface area contributed by atoms with Crippen LogP contribution in [0.2, 0.25) is 0 Å². The first-order valence-electron chi connectivity index (χ1n) is 7.63. The second kappa shape index (κ2) is 6.75. The second-order valence-electron chi connectivity index (χ2n) is 5.55. The molecule has 1 aromatic carbocycles. The van der Waals surface area contributed by atoms with Gasteiger partial charge in [0.05, 0.1) is 0 Å². The van der Waals surface area contributed by atoms with Crippen LogP contribution in [-0.2, 0) is 9.53 Å². The zero-order chi connectivity index (χ0) is 16.2. The first kappa shape index (κ1) is 15.4. The average Bonchev–Trinajstić information content (AvgIpc) is 3.00. The highest BCUT2D eigenvalue weighted by atomic mass is 16.5. The molecule has 0 bridgehead atoms. The van der Waals surface area contributed by atoms with Crippen molar-refractivity contribution in [1.82, 2.24) is 9.97 Å². The number of anilines is 1. The quantitative estimate of drug-likeness (QED) is 0.939. The third kappa shape index (κ3) is 4.04. The first-order chi connectivity index (χ1) is 11.1. The van der Waals surface area contributed by atoms with Gasteiger partial charge in [0, 0.05) is 29.7 Å². The summed E-state index contributed by atoms with van der Waals surface area (Å²) < 4.78 is 11.1. The van der Waals surface area contributed by atoms with Crippen molar-refractivity contribution >= 4 is 11.6 Å². The fourth-order valence-electron chi connectivity index (χ4n) is 2.49. The van der Waals surface area contributed by atoms with Crippen molar-refractivity contribution in [3.8, 4) is 11.8 Å². The predicted octanol–water partition coefficient (Wildman–Crippen LogP) is 3.00. The summed E-state index contributed by atoms with van der Waals surface area (Å²) in [6.07, 6.45) is 1.33. The van der Waals surface area contributed by atoms with Gasteiger partial charge in [-0.3, -0.25) is 4.79 Å². The highest BCUT2D eigenvalue weighted by Gasteiger charge is 2.23. The number of carbonyl (C=O) groups is 1. The van der Waals surface area contributed by atoms with Crippen LogP contribution in [0.3, 0.4) is 0 Å². The van der Waals surface area contributed by atoms with Crippen LogP contribution in [0.4, 0.5) is 5.69 Å². The number of aryl methyl sites for hydroxylation is 2. The number of nitrogens with zero attached hydrogens (tertiary/aromatic N) is 2. The normalized spacial score (nSPS) is 17.0. The lowest BCUT2D eigenvalue weighted by Crippen LogP contribution is -2.26. The van der Waals surface area contributed by atoms with Gasteiger partial charge in [-0.2, -0.15) is 0 Å². The van der Waals surface area contributed by atoms with Crippen molar-refractivity contribution in [3.63, 3.8) is 0 Å². The Hall–Kier alpha value is -2.47. The van der Waals surface area contributed by atoms with Gasteiger partial charge in [0.25, 0.3) is 5.91 Å². The molecule has 1 atom stereocenters. The standard InChI is InChI=1S/C17H19N3O3/c1-11-9-12(2)19-17(18-11)23-14-6-3-5-13(10-14)20-16(21)15-7-4-8-22-15/h3,5-6,9-10,15H,4,7-8H2,1-2H3,(H,20,21). The third-order valence-corrected chi connectivity index (χ3v) is 3.49. The molecule has 1 N–H and O–H groups in total. The molecule has 1 amide bonds. The number of amides is 1. The highest BCUT2D eigenvalue weighted by Crippen LogP contribution is 2.23. The van der Waals surface area contributed by atoms with Gasteiger partial charge in [0.2, 0.25) is 0 Å². The zero-order valence-electron chi connectivity index (χ0n) is 13.2. The number of hydrogen-bond donors (Lipinski definition) is 1. The smallest absolute Gasteiger partial charge is 0.322 e. The van der Waals surface area contributed by atoms with E-state index >= 15 is 0 Å². The molecule has 0 aliphatic carbocycles. The van der Waals surface area contributed by atoms with E-state index in [4.69, 9.17) is 9.47 Å². The molecule has 1 aliphatic rings. The number of carbonyl (C=O) groups excluding carboxylic acids is 1. The number of rotatable bonds is 4. The Kier molecular flexibility index (Phi) is 4.52. The minimum absolute atomic E-state index is 0.123. The van der Waals surface area contributed by atoms with Gasteiger partial charge < -0.3 is 14.8 Å². The Balaban J connectivity index is 1.70. The summed E-state index contributed by atoms with van der Waals surface area (Å²) in [5.41, 5.74) is 2.35. The zero-order valence-corrected chi connectivity index (χ0v) is 13.2. The molecular formula is C17H19N3O3. The summed E-state index contributed by atoms with van der Waals surface area (Å²) in [5, 5.41) is 2.85. The summed E-state index contributed by atoms with van der Waals surface area (Å²) in [5.74, 6) is 0.447.